The van der Waals surface area contributed by atoms with Crippen LogP contribution in [-0.2, 0) is 19.9 Å². The van der Waals surface area contributed by atoms with Crippen LogP contribution >= 0.6 is 0 Å². The molecule has 9 nitrogen and oxygen atoms in total. The summed E-state index contributed by atoms with van der Waals surface area (Å²) in [4.78, 5) is 37.3. The van der Waals surface area contributed by atoms with Gasteiger partial charge in [-0.05, 0) is 11.1 Å². The lowest BCUT2D eigenvalue weighted by atomic mass is 9.86. The molecule has 9 heteroatoms. The van der Waals surface area contributed by atoms with Crippen molar-refractivity contribution in [3.05, 3.63) is 84.4 Å². The Hall–Kier alpha value is -3.69. The number of hydrogen-bond donors (Lipinski definition) is 2. The molecule has 0 radical (unpaired) electrons. The quantitative estimate of drug-likeness (QED) is 0.416. The molecule has 1 aliphatic heterocycles. The molecule has 1 saturated heterocycles. The highest BCUT2D eigenvalue weighted by atomic mass is 16.6. The van der Waals surface area contributed by atoms with Gasteiger partial charge in [0.1, 0.15) is 19.2 Å². The zero-order chi connectivity index (χ0) is 23.3. The molecular weight excluding hydrogens is 422 g/mol. The van der Waals surface area contributed by atoms with Crippen molar-refractivity contribution in [1.82, 2.24) is 15.0 Å². The van der Waals surface area contributed by atoms with Gasteiger partial charge < -0.3 is 14.3 Å². The lowest BCUT2D eigenvalue weighted by molar-refractivity contribution is -0.890. The van der Waals surface area contributed by atoms with E-state index in [0.29, 0.717) is 35.1 Å². The van der Waals surface area contributed by atoms with Crippen LogP contribution in [0.3, 0.4) is 0 Å². The van der Waals surface area contributed by atoms with Crippen molar-refractivity contribution >= 4 is 17.8 Å². The van der Waals surface area contributed by atoms with E-state index in [2.05, 4.69) is 20.3 Å². The standard InChI is InChI=1S/C24H25N5O4/c1-29(15-21(30)28-23-26-16-25-17-27-23)13-12-20(14-29)33-22(31)24(32,18-8-4-2-5-9-18)19-10-6-3-7-11-19/h2-11,16-17,20,32H,12-15H2,1H3/p+1/t20-,29?/m1/s1. The van der Waals surface area contributed by atoms with Gasteiger partial charge >= 0.3 is 5.97 Å². The third-order valence-electron chi connectivity index (χ3n) is 5.86. The summed E-state index contributed by atoms with van der Waals surface area (Å²) in [7, 11) is 1.93. The topological polar surface area (TPSA) is 114 Å². The maximum atomic E-state index is 13.3. The first-order valence-electron chi connectivity index (χ1n) is 10.7. The van der Waals surface area contributed by atoms with E-state index in [0.717, 1.165) is 0 Å². The monoisotopic (exact) mass is 448 g/mol. The molecule has 2 aromatic carbocycles. The highest BCUT2D eigenvalue weighted by Crippen LogP contribution is 2.32. The zero-order valence-corrected chi connectivity index (χ0v) is 18.3. The van der Waals surface area contributed by atoms with E-state index < -0.39 is 17.7 Å². The summed E-state index contributed by atoms with van der Waals surface area (Å²) in [6.45, 7) is 1.29. The average Bonchev–Trinajstić information content (AvgIpc) is 3.19. The van der Waals surface area contributed by atoms with Crippen LogP contribution < -0.4 is 5.32 Å². The molecule has 2 heterocycles. The van der Waals surface area contributed by atoms with Crippen molar-refractivity contribution in [2.45, 2.75) is 18.1 Å². The minimum absolute atomic E-state index is 0.182. The SMILES string of the molecule is C[N+]1(CC(=O)Nc2ncncn2)CC[C@@H](OC(=O)C(O)(c2ccccc2)c2ccccc2)C1. The van der Waals surface area contributed by atoms with Crippen molar-refractivity contribution in [2.24, 2.45) is 0 Å². The number of rotatable bonds is 7. The van der Waals surface area contributed by atoms with Gasteiger partial charge in [-0.1, -0.05) is 60.7 Å². The number of esters is 1. The van der Waals surface area contributed by atoms with Crippen LogP contribution in [0.15, 0.2) is 73.3 Å². The van der Waals surface area contributed by atoms with Crippen molar-refractivity contribution < 1.29 is 23.9 Å². The van der Waals surface area contributed by atoms with Gasteiger partial charge in [0, 0.05) is 6.42 Å². The molecule has 1 aliphatic rings. The lowest BCUT2D eigenvalue weighted by Crippen LogP contribution is -2.48. The minimum Gasteiger partial charge on any atom is -0.453 e. The number of anilines is 1. The van der Waals surface area contributed by atoms with E-state index in [1.807, 2.05) is 19.2 Å². The molecule has 0 saturated carbocycles. The van der Waals surface area contributed by atoms with E-state index in [1.54, 1.807) is 48.5 Å². The average molecular weight is 449 g/mol. The Morgan fingerprint density at radius 3 is 2.21 bits per heavy atom. The highest BCUT2D eigenvalue weighted by Gasteiger charge is 2.45. The third kappa shape index (κ3) is 5.05. The predicted octanol–water partition coefficient (Wildman–Crippen LogP) is 1.51. The summed E-state index contributed by atoms with van der Waals surface area (Å²) in [5, 5.41) is 14.2. The molecule has 1 amide bonds. The molecule has 4 rings (SSSR count). The van der Waals surface area contributed by atoms with E-state index in [-0.39, 0.29) is 18.4 Å². The highest BCUT2D eigenvalue weighted by molar-refractivity contribution is 5.89. The number of hydrogen-bond acceptors (Lipinski definition) is 7. The normalized spacial score (nSPS) is 20.2. The first-order valence-corrected chi connectivity index (χ1v) is 10.7. The number of benzene rings is 2. The number of quaternary nitrogens is 1. The van der Waals surface area contributed by atoms with Gasteiger partial charge in [-0.25, -0.2) is 19.7 Å². The Morgan fingerprint density at radius 2 is 1.64 bits per heavy atom. The fraction of sp³-hybridized carbons (Fsp3) is 0.292. The Morgan fingerprint density at radius 1 is 1.06 bits per heavy atom. The summed E-state index contributed by atoms with van der Waals surface area (Å²) in [5.74, 6) is -0.770. The number of amides is 1. The minimum atomic E-state index is -1.93. The molecule has 0 bridgehead atoms. The Labute approximate surface area is 191 Å². The van der Waals surface area contributed by atoms with Crippen LogP contribution in [0.1, 0.15) is 17.5 Å². The maximum absolute atomic E-state index is 13.3. The number of aromatic nitrogens is 3. The third-order valence-corrected chi connectivity index (χ3v) is 5.86. The van der Waals surface area contributed by atoms with E-state index in [9.17, 15) is 14.7 Å². The van der Waals surface area contributed by atoms with Crippen LogP contribution in [0.2, 0.25) is 0 Å². The van der Waals surface area contributed by atoms with Gasteiger partial charge in [0.15, 0.2) is 12.6 Å². The lowest BCUT2D eigenvalue weighted by Gasteiger charge is -2.30. The number of carbonyl (C=O) groups excluding carboxylic acids is 2. The van der Waals surface area contributed by atoms with Gasteiger partial charge in [0.05, 0.1) is 13.6 Å². The van der Waals surface area contributed by atoms with E-state index in [4.69, 9.17) is 4.74 Å². The molecule has 1 unspecified atom stereocenters. The van der Waals surface area contributed by atoms with Crippen LogP contribution in [0.25, 0.3) is 0 Å². The molecule has 1 fully saturated rings. The van der Waals surface area contributed by atoms with Crippen LogP contribution in [0, 0.1) is 0 Å². The van der Waals surface area contributed by atoms with E-state index >= 15 is 0 Å². The van der Waals surface area contributed by atoms with Crippen molar-refractivity contribution in [1.29, 1.82) is 0 Å². The second kappa shape index (κ2) is 9.43. The number of nitrogens with zero attached hydrogens (tertiary/aromatic N) is 4. The van der Waals surface area contributed by atoms with Gasteiger partial charge in [-0.3, -0.25) is 10.1 Å². The molecule has 1 aromatic heterocycles. The fourth-order valence-electron chi connectivity index (χ4n) is 4.18. The molecular formula is C24H26N5O4+. The summed E-state index contributed by atoms with van der Waals surface area (Å²) in [6, 6.07) is 17.5. The predicted molar refractivity (Wildman–Crippen MR) is 120 cm³/mol. The first kappa shape index (κ1) is 22.5. The summed E-state index contributed by atoms with van der Waals surface area (Å²) < 4.78 is 6.20. The number of likely N-dealkylation sites (tertiary alicyclic amines) is 1. The maximum Gasteiger partial charge on any atom is 0.348 e. The van der Waals surface area contributed by atoms with Crippen molar-refractivity contribution in [2.75, 3.05) is 32.0 Å². The van der Waals surface area contributed by atoms with Gasteiger partial charge in [0.2, 0.25) is 11.5 Å². The second-order valence-electron chi connectivity index (χ2n) is 8.45. The van der Waals surface area contributed by atoms with Gasteiger partial charge in [-0.2, -0.15) is 0 Å². The number of aliphatic hydroxyl groups is 1. The van der Waals surface area contributed by atoms with Crippen molar-refractivity contribution in [3.8, 4) is 0 Å². The largest absolute Gasteiger partial charge is 0.453 e. The number of ether oxygens (including phenoxy) is 1. The van der Waals surface area contributed by atoms with Crippen LogP contribution in [0.5, 0.6) is 0 Å². The molecule has 170 valence electrons. The Bertz CT molecular complexity index is 1060. The van der Waals surface area contributed by atoms with Gasteiger partial charge in [0.25, 0.3) is 5.91 Å². The summed E-state index contributed by atoms with van der Waals surface area (Å²) >= 11 is 0. The Balaban J connectivity index is 1.45. The number of carbonyl (C=O) groups is 2. The number of nitrogens with one attached hydrogen (secondary N) is 1. The zero-order valence-electron chi connectivity index (χ0n) is 18.3. The smallest absolute Gasteiger partial charge is 0.348 e. The molecule has 2 atom stereocenters. The molecule has 3 aromatic rings. The van der Waals surface area contributed by atoms with Crippen molar-refractivity contribution in [3.63, 3.8) is 0 Å². The summed E-state index contributed by atoms with van der Waals surface area (Å²) in [6.07, 6.45) is 2.78. The molecule has 2 N–H and O–H groups in total. The second-order valence-corrected chi connectivity index (χ2v) is 8.45. The number of likely N-dealkylation sites (N-methyl/N-ethyl adjacent to an activating group) is 1. The summed E-state index contributed by atoms with van der Waals surface area (Å²) in [5.41, 5.74) is -1.05. The van der Waals surface area contributed by atoms with Crippen LogP contribution in [0.4, 0.5) is 5.95 Å². The van der Waals surface area contributed by atoms with E-state index in [1.165, 1.54) is 12.7 Å². The first-order chi connectivity index (χ1) is 15.9. The molecule has 33 heavy (non-hydrogen) atoms. The molecule has 0 aliphatic carbocycles. The van der Waals surface area contributed by atoms with Crippen LogP contribution in [-0.4, -0.2) is 69.2 Å². The molecule has 0 spiro atoms. The van der Waals surface area contributed by atoms with Gasteiger partial charge in [-0.15, -0.1) is 0 Å². The fourth-order valence-corrected chi connectivity index (χ4v) is 4.18. The Kier molecular flexibility index (Phi) is 6.43.